The van der Waals surface area contributed by atoms with Gasteiger partial charge in [-0.2, -0.15) is 4.37 Å². The molecular weight excluding hydrogens is 286 g/mol. The van der Waals surface area contributed by atoms with Gasteiger partial charge in [0.1, 0.15) is 17.8 Å². The summed E-state index contributed by atoms with van der Waals surface area (Å²) in [6, 6.07) is 0. The van der Waals surface area contributed by atoms with Gasteiger partial charge in [-0.3, -0.25) is 0 Å². The first-order valence-electron chi connectivity index (χ1n) is 7.41. The molecule has 0 radical (unpaired) electrons. The molecule has 1 atom stereocenters. The van der Waals surface area contributed by atoms with E-state index in [4.69, 9.17) is 0 Å². The van der Waals surface area contributed by atoms with Gasteiger partial charge in [-0.15, -0.1) is 0 Å². The smallest absolute Gasteiger partial charge is 0.205 e. The normalized spacial score (nSPS) is 18.4. The van der Waals surface area contributed by atoms with Crippen molar-refractivity contribution in [1.82, 2.24) is 19.3 Å². The summed E-state index contributed by atoms with van der Waals surface area (Å²) in [5.74, 6) is 2.22. The lowest BCUT2D eigenvalue weighted by molar-refractivity contribution is 0.0857. The van der Waals surface area contributed by atoms with Crippen LogP contribution in [0.2, 0.25) is 0 Å². The number of nitrogens with zero attached hydrogens (tertiary/aromatic N) is 4. The highest BCUT2D eigenvalue weighted by Crippen LogP contribution is 2.32. The van der Waals surface area contributed by atoms with Gasteiger partial charge in [0.15, 0.2) is 0 Å². The van der Waals surface area contributed by atoms with Crippen molar-refractivity contribution in [2.75, 3.05) is 18.0 Å². The van der Waals surface area contributed by atoms with Gasteiger partial charge in [0.25, 0.3) is 0 Å². The third kappa shape index (κ3) is 3.08. The van der Waals surface area contributed by atoms with Crippen molar-refractivity contribution in [3.63, 3.8) is 0 Å². The Labute approximate surface area is 128 Å². The highest BCUT2D eigenvalue weighted by Gasteiger charge is 2.28. The first kappa shape index (κ1) is 14.5. The maximum Gasteiger partial charge on any atom is 0.205 e. The fraction of sp³-hybridized carbons (Fsp3) is 0.643. The second-order valence-electron chi connectivity index (χ2n) is 5.83. The molecule has 1 fully saturated rings. The molecule has 21 heavy (non-hydrogen) atoms. The molecule has 114 valence electrons. The predicted octanol–water partition coefficient (Wildman–Crippen LogP) is 2.33. The summed E-state index contributed by atoms with van der Waals surface area (Å²) in [6.07, 6.45) is 4.82. The minimum atomic E-state index is -0.497. The Morgan fingerprint density at radius 1 is 1.38 bits per heavy atom. The van der Waals surface area contributed by atoms with E-state index in [1.165, 1.54) is 11.5 Å². The van der Waals surface area contributed by atoms with Gasteiger partial charge in [-0.25, -0.2) is 9.97 Å². The van der Waals surface area contributed by atoms with E-state index in [1.54, 1.807) is 12.4 Å². The maximum atomic E-state index is 10.3. The average molecular weight is 307 g/mol. The monoisotopic (exact) mass is 307 g/mol. The van der Waals surface area contributed by atoms with Crippen LogP contribution in [-0.4, -0.2) is 37.5 Å². The molecule has 3 heterocycles. The molecule has 2 aromatic heterocycles. The lowest BCUT2D eigenvalue weighted by Gasteiger charge is -2.33. The molecule has 0 spiro atoms. The van der Waals surface area contributed by atoms with E-state index in [2.05, 4.69) is 38.1 Å². The molecule has 3 rings (SSSR count). The van der Waals surface area contributed by atoms with E-state index in [0.29, 0.717) is 11.7 Å². The van der Waals surface area contributed by atoms with Crippen molar-refractivity contribution in [2.45, 2.75) is 38.7 Å². The highest BCUT2D eigenvalue weighted by molar-refractivity contribution is 7.09. The van der Waals surface area contributed by atoms with E-state index in [0.717, 1.165) is 36.9 Å². The third-order valence-corrected chi connectivity index (χ3v) is 4.79. The Bertz CT molecular complexity index is 560. The Morgan fingerprint density at radius 2 is 2.14 bits per heavy atom. The first-order chi connectivity index (χ1) is 10.1. The second-order valence-corrected chi connectivity index (χ2v) is 6.56. The van der Waals surface area contributed by atoms with E-state index in [9.17, 15) is 5.11 Å². The van der Waals surface area contributed by atoms with Crippen LogP contribution in [0.25, 0.3) is 0 Å². The van der Waals surface area contributed by atoms with Crippen molar-refractivity contribution in [3.05, 3.63) is 24.0 Å². The minimum absolute atomic E-state index is 0.255. The standard InChI is InChI=1S/C14H21N5OS/c1-9(2)12-17-14(21-18-12)19-7-3-10(4-8-19)11(20)13-15-5-6-16-13/h5-6,9-11,20H,3-4,7-8H2,1-2H3,(H,15,16). The number of imidazole rings is 1. The second kappa shape index (κ2) is 6.11. The SMILES string of the molecule is CC(C)c1nsc(N2CCC(C(O)c3ncc[nH]3)CC2)n1. The molecule has 0 saturated carbocycles. The largest absolute Gasteiger partial charge is 0.385 e. The Balaban J connectivity index is 1.59. The summed E-state index contributed by atoms with van der Waals surface area (Å²) in [4.78, 5) is 14.0. The van der Waals surface area contributed by atoms with Crippen LogP contribution in [0.5, 0.6) is 0 Å². The number of hydrogen-bond acceptors (Lipinski definition) is 6. The molecule has 6 nitrogen and oxygen atoms in total. The van der Waals surface area contributed by atoms with Crippen molar-refractivity contribution in [1.29, 1.82) is 0 Å². The number of piperidine rings is 1. The predicted molar refractivity (Wildman–Crippen MR) is 82.5 cm³/mol. The topological polar surface area (TPSA) is 77.9 Å². The number of hydrogen-bond donors (Lipinski definition) is 2. The van der Waals surface area contributed by atoms with Gasteiger partial charge >= 0.3 is 0 Å². The molecule has 1 aliphatic rings. The van der Waals surface area contributed by atoms with E-state index in [-0.39, 0.29) is 5.92 Å². The molecule has 1 aliphatic heterocycles. The first-order valence-corrected chi connectivity index (χ1v) is 8.18. The summed E-state index contributed by atoms with van der Waals surface area (Å²) in [6.45, 7) is 6.04. The molecule has 2 aromatic rings. The zero-order chi connectivity index (χ0) is 14.8. The molecular formula is C14H21N5OS. The summed E-state index contributed by atoms with van der Waals surface area (Å²) < 4.78 is 4.41. The zero-order valence-electron chi connectivity index (χ0n) is 12.4. The van der Waals surface area contributed by atoms with Crippen molar-refractivity contribution in [3.8, 4) is 0 Å². The summed E-state index contributed by atoms with van der Waals surface area (Å²) in [7, 11) is 0. The zero-order valence-corrected chi connectivity index (χ0v) is 13.2. The molecule has 1 unspecified atom stereocenters. The number of aliphatic hydroxyl groups excluding tert-OH is 1. The third-order valence-electron chi connectivity index (χ3n) is 4.00. The van der Waals surface area contributed by atoms with Crippen molar-refractivity contribution >= 4 is 16.7 Å². The van der Waals surface area contributed by atoms with Gasteiger partial charge in [0, 0.05) is 42.9 Å². The Kier molecular flexibility index (Phi) is 4.21. The maximum absolute atomic E-state index is 10.3. The lowest BCUT2D eigenvalue weighted by Crippen LogP contribution is -2.35. The van der Waals surface area contributed by atoms with E-state index in [1.807, 2.05) is 0 Å². The van der Waals surface area contributed by atoms with Crippen LogP contribution in [0.4, 0.5) is 5.13 Å². The van der Waals surface area contributed by atoms with Crippen LogP contribution >= 0.6 is 11.5 Å². The van der Waals surface area contributed by atoms with Gasteiger partial charge < -0.3 is 15.0 Å². The summed E-state index contributed by atoms with van der Waals surface area (Å²) in [5, 5.41) is 11.3. The minimum Gasteiger partial charge on any atom is -0.385 e. The average Bonchev–Trinajstić information content (AvgIpc) is 3.18. The molecule has 0 aromatic carbocycles. The number of H-pyrrole nitrogens is 1. The molecule has 0 aliphatic carbocycles. The Morgan fingerprint density at radius 3 is 2.71 bits per heavy atom. The van der Waals surface area contributed by atoms with Crippen LogP contribution < -0.4 is 4.90 Å². The highest BCUT2D eigenvalue weighted by atomic mass is 32.1. The van der Waals surface area contributed by atoms with Crippen LogP contribution in [0.3, 0.4) is 0 Å². The van der Waals surface area contributed by atoms with E-state index >= 15 is 0 Å². The fourth-order valence-corrected chi connectivity index (χ4v) is 3.52. The number of rotatable bonds is 4. The number of aliphatic hydroxyl groups is 1. The number of aromatic nitrogens is 4. The summed E-state index contributed by atoms with van der Waals surface area (Å²) in [5.41, 5.74) is 0. The van der Waals surface area contributed by atoms with Crippen molar-refractivity contribution < 1.29 is 5.11 Å². The number of nitrogens with one attached hydrogen (secondary N) is 1. The van der Waals surface area contributed by atoms with Crippen LogP contribution in [-0.2, 0) is 0 Å². The Hall–Kier alpha value is -1.47. The van der Waals surface area contributed by atoms with Gasteiger partial charge in [-0.1, -0.05) is 13.8 Å². The molecule has 0 amide bonds. The van der Waals surface area contributed by atoms with Gasteiger partial charge in [-0.05, 0) is 18.8 Å². The number of aromatic amines is 1. The van der Waals surface area contributed by atoms with Crippen molar-refractivity contribution in [2.24, 2.45) is 5.92 Å². The van der Waals surface area contributed by atoms with Gasteiger partial charge in [0.05, 0.1) is 0 Å². The van der Waals surface area contributed by atoms with E-state index < -0.39 is 6.10 Å². The van der Waals surface area contributed by atoms with Gasteiger partial charge in [0.2, 0.25) is 5.13 Å². The number of anilines is 1. The molecule has 2 N–H and O–H groups in total. The molecule has 1 saturated heterocycles. The van der Waals surface area contributed by atoms with Crippen LogP contribution in [0.15, 0.2) is 12.4 Å². The van der Waals surface area contributed by atoms with Crippen LogP contribution in [0.1, 0.15) is 50.4 Å². The molecule has 0 bridgehead atoms. The lowest BCUT2D eigenvalue weighted by atomic mass is 9.91. The summed E-state index contributed by atoms with van der Waals surface area (Å²) >= 11 is 1.48. The fourth-order valence-electron chi connectivity index (χ4n) is 2.66. The molecule has 7 heteroatoms. The quantitative estimate of drug-likeness (QED) is 0.906. The van der Waals surface area contributed by atoms with Crippen LogP contribution in [0, 0.1) is 5.92 Å².